The molecule has 1 fully saturated rings. The molecule has 1 saturated heterocycles. The van der Waals surface area contributed by atoms with Gasteiger partial charge in [-0.15, -0.1) is 0 Å². The second-order valence-corrected chi connectivity index (χ2v) is 8.28. The normalized spacial score (nSPS) is 16.7. The molecule has 160 valence electrons. The van der Waals surface area contributed by atoms with E-state index in [2.05, 4.69) is 39.0 Å². The Kier molecular flexibility index (Phi) is 5.71. The molecule has 2 aromatic heterocycles. The van der Waals surface area contributed by atoms with Crippen molar-refractivity contribution in [3.05, 3.63) is 76.9 Å². The Labute approximate surface area is 182 Å². The summed E-state index contributed by atoms with van der Waals surface area (Å²) in [6.07, 6.45) is 14.8. The second-order valence-electron chi connectivity index (χ2n) is 8.28. The maximum Gasteiger partial charge on any atom is 0.258 e. The average molecular weight is 417 g/mol. The first-order valence-electron chi connectivity index (χ1n) is 11.2. The van der Waals surface area contributed by atoms with Crippen LogP contribution in [0.15, 0.2) is 71.3 Å². The molecule has 0 saturated carbocycles. The quantitative estimate of drug-likeness (QED) is 0.585. The molecule has 0 N–H and O–H groups in total. The largest absolute Gasteiger partial charge is 0.489 e. The van der Waals surface area contributed by atoms with Crippen molar-refractivity contribution >= 4 is 10.9 Å². The third-order valence-electron chi connectivity index (χ3n) is 6.10. The van der Waals surface area contributed by atoms with Gasteiger partial charge in [0.15, 0.2) is 0 Å². The number of allylic oxidation sites excluding steroid dienone is 2. The van der Waals surface area contributed by atoms with Crippen LogP contribution in [0.2, 0.25) is 0 Å². The van der Waals surface area contributed by atoms with E-state index in [9.17, 15) is 4.79 Å². The van der Waals surface area contributed by atoms with Gasteiger partial charge in [-0.2, -0.15) is 5.10 Å². The second kappa shape index (κ2) is 8.94. The number of hydrogen-bond donors (Lipinski definition) is 0. The summed E-state index contributed by atoms with van der Waals surface area (Å²) in [6.45, 7) is 4.80. The van der Waals surface area contributed by atoms with Gasteiger partial charge in [0.2, 0.25) is 0 Å². The molecule has 5 rings (SSSR count). The third kappa shape index (κ3) is 4.49. The Bertz CT molecular complexity index is 1180. The fourth-order valence-electron chi connectivity index (χ4n) is 4.35. The minimum atomic E-state index is -0.105. The van der Waals surface area contributed by atoms with Gasteiger partial charge in [0, 0.05) is 29.9 Å². The smallest absolute Gasteiger partial charge is 0.258 e. The summed E-state index contributed by atoms with van der Waals surface area (Å²) >= 11 is 0. The van der Waals surface area contributed by atoms with Gasteiger partial charge in [-0.3, -0.25) is 14.0 Å². The number of nitrogens with zero attached hydrogens (tertiary/aromatic N) is 4. The number of aromatic nitrogens is 3. The molecule has 0 spiro atoms. The predicted molar refractivity (Wildman–Crippen MR) is 123 cm³/mol. The minimum Gasteiger partial charge on any atom is -0.489 e. The highest BCUT2D eigenvalue weighted by Crippen LogP contribution is 2.19. The van der Waals surface area contributed by atoms with Crippen molar-refractivity contribution in [3.8, 4) is 11.4 Å². The van der Waals surface area contributed by atoms with Crippen molar-refractivity contribution in [1.82, 2.24) is 19.2 Å². The lowest BCUT2D eigenvalue weighted by Gasteiger charge is -2.14. The SMILES string of the molecule is O=c1cc(OCC2=CCCC=C2)ccn1-c1ccc2c(cnn2CCN2CCCC2)c1. The molecule has 6 heteroatoms. The van der Waals surface area contributed by atoms with Gasteiger partial charge in [0.1, 0.15) is 12.4 Å². The molecular formula is C25H28N4O2. The fourth-order valence-corrected chi connectivity index (χ4v) is 4.35. The van der Waals surface area contributed by atoms with E-state index in [4.69, 9.17) is 4.74 Å². The van der Waals surface area contributed by atoms with E-state index in [0.29, 0.717) is 12.4 Å². The molecule has 0 amide bonds. The number of benzene rings is 1. The molecule has 0 atom stereocenters. The van der Waals surface area contributed by atoms with Gasteiger partial charge in [0.05, 0.1) is 18.3 Å². The first kappa shape index (κ1) is 19.8. The molecule has 0 bridgehead atoms. The summed E-state index contributed by atoms with van der Waals surface area (Å²) < 4.78 is 9.52. The van der Waals surface area contributed by atoms with Crippen molar-refractivity contribution in [3.63, 3.8) is 0 Å². The zero-order valence-corrected chi connectivity index (χ0v) is 17.7. The van der Waals surface area contributed by atoms with Crippen LogP contribution in [0.5, 0.6) is 5.75 Å². The Morgan fingerprint density at radius 2 is 1.94 bits per heavy atom. The molecule has 1 aliphatic heterocycles. The van der Waals surface area contributed by atoms with E-state index >= 15 is 0 Å². The maximum atomic E-state index is 12.7. The van der Waals surface area contributed by atoms with Crippen LogP contribution in [-0.4, -0.2) is 45.5 Å². The summed E-state index contributed by atoms with van der Waals surface area (Å²) in [4.78, 5) is 15.2. The molecule has 2 aliphatic rings. The lowest BCUT2D eigenvalue weighted by molar-refractivity contribution is 0.318. The minimum absolute atomic E-state index is 0.105. The van der Waals surface area contributed by atoms with Gasteiger partial charge >= 0.3 is 0 Å². The van der Waals surface area contributed by atoms with Crippen LogP contribution >= 0.6 is 0 Å². The molecule has 6 nitrogen and oxygen atoms in total. The zero-order chi connectivity index (χ0) is 21.0. The maximum absolute atomic E-state index is 12.7. The Hall–Kier alpha value is -3.12. The molecule has 3 heterocycles. The van der Waals surface area contributed by atoms with Crippen LogP contribution in [0.1, 0.15) is 25.7 Å². The fraction of sp³-hybridized carbons (Fsp3) is 0.360. The predicted octanol–water partition coefficient (Wildman–Crippen LogP) is 3.94. The van der Waals surface area contributed by atoms with E-state index in [1.807, 2.05) is 24.4 Å². The summed E-state index contributed by atoms with van der Waals surface area (Å²) in [6, 6.07) is 9.46. The van der Waals surface area contributed by atoms with Crippen LogP contribution in [-0.2, 0) is 6.54 Å². The number of likely N-dealkylation sites (tertiary alicyclic amines) is 1. The molecule has 1 aliphatic carbocycles. The summed E-state index contributed by atoms with van der Waals surface area (Å²) in [5.41, 5.74) is 2.99. The van der Waals surface area contributed by atoms with Crippen molar-refractivity contribution in [1.29, 1.82) is 0 Å². The molecular weight excluding hydrogens is 388 g/mol. The van der Waals surface area contributed by atoms with E-state index in [1.165, 1.54) is 25.9 Å². The van der Waals surface area contributed by atoms with Crippen molar-refractivity contribution in [2.24, 2.45) is 0 Å². The van der Waals surface area contributed by atoms with Crippen molar-refractivity contribution < 1.29 is 4.74 Å². The Morgan fingerprint density at radius 3 is 2.74 bits per heavy atom. The van der Waals surface area contributed by atoms with Crippen LogP contribution in [0, 0.1) is 0 Å². The molecule has 3 aromatic rings. The van der Waals surface area contributed by atoms with Crippen LogP contribution in [0.3, 0.4) is 0 Å². The number of ether oxygens (including phenoxy) is 1. The zero-order valence-electron chi connectivity index (χ0n) is 17.7. The first-order chi connectivity index (χ1) is 15.3. The standard InChI is InChI=1S/C25H28N4O2/c30-25-17-23(31-19-20-6-2-1-3-7-20)10-13-28(25)22-8-9-24-21(16-22)18-26-29(24)15-14-27-11-4-5-12-27/h2,6-10,13,16-18H,1,3-5,11-12,14-15,19H2. The van der Waals surface area contributed by atoms with Crippen LogP contribution in [0.4, 0.5) is 0 Å². The summed E-state index contributed by atoms with van der Waals surface area (Å²) in [7, 11) is 0. The topological polar surface area (TPSA) is 52.3 Å². The number of pyridine rings is 1. The van der Waals surface area contributed by atoms with Crippen molar-refractivity contribution in [2.45, 2.75) is 32.2 Å². The molecule has 31 heavy (non-hydrogen) atoms. The molecule has 1 aromatic carbocycles. The number of hydrogen-bond acceptors (Lipinski definition) is 4. The van der Waals surface area contributed by atoms with E-state index in [1.54, 1.807) is 16.8 Å². The van der Waals surface area contributed by atoms with Crippen LogP contribution < -0.4 is 10.3 Å². The van der Waals surface area contributed by atoms with Crippen LogP contribution in [0.25, 0.3) is 16.6 Å². The van der Waals surface area contributed by atoms with Gasteiger partial charge < -0.3 is 9.64 Å². The summed E-state index contributed by atoms with van der Waals surface area (Å²) in [5.74, 6) is 0.594. The average Bonchev–Trinajstić information content (AvgIpc) is 3.46. The lowest BCUT2D eigenvalue weighted by Crippen LogP contribution is -2.24. The van der Waals surface area contributed by atoms with Gasteiger partial charge in [0.25, 0.3) is 5.56 Å². The van der Waals surface area contributed by atoms with Crippen molar-refractivity contribution in [2.75, 3.05) is 26.2 Å². The monoisotopic (exact) mass is 416 g/mol. The summed E-state index contributed by atoms with van der Waals surface area (Å²) in [5, 5.41) is 5.61. The van der Waals surface area contributed by atoms with E-state index < -0.39 is 0 Å². The Balaban J connectivity index is 1.30. The number of rotatable bonds is 7. The number of fused-ring (bicyclic) bond motifs is 1. The van der Waals surface area contributed by atoms with E-state index in [-0.39, 0.29) is 5.56 Å². The third-order valence-corrected chi connectivity index (χ3v) is 6.10. The first-order valence-corrected chi connectivity index (χ1v) is 11.2. The van der Waals surface area contributed by atoms with Gasteiger partial charge in [-0.25, -0.2) is 0 Å². The van der Waals surface area contributed by atoms with Gasteiger partial charge in [-0.1, -0.05) is 18.2 Å². The highest BCUT2D eigenvalue weighted by molar-refractivity contribution is 5.80. The lowest BCUT2D eigenvalue weighted by atomic mass is 10.1. The van der Waals surface area contributed by atoms with E-state index in [0.717, 1.165) is 48.1 Å². The van der Waals surface area contributed by atoms with Gasteiger partial charge in [-0.05, 0) is 68.6 Å². The highest BCUT2D eigenvalue weighted by atomic mass is 16.5. The highest BCUT2D eigenvalue weighted by Gasteiger charge is 2.12. The Morgan fingerprint density at radius 1 is 1.03 bits per heavy atom. The molecule has 0 radical (unpaired) electrons. The molecule has 0 unspecified atom stereocenters.